The molecular weight excluding hydrogens is 346 g/mol. The molecule has 136 valence electrons. The number of fused-ring (bicyclic) bond motifs is 1. The number of Topliss-reactive ketones (excluding diaryl/α,β-unsaturated/α-hetero) is 1. The number of nitrogens with zero attached hydrogens (tertiary/aromatic N) is 1. The van der Waals surface area contributed by atoms with Gasteiger partial charge >= 0.3 is 0 Å². The Bertz CT molecular complexity index is 897. The fourth-order valence-corrected chi connectivity index (χ4v) is 3.51. The van der Waals surface area contributed by atoms with Gasteiger partial charge in [0, 0.05) is 5.41 Å². The predicted molar refractivity (Wildman–Crippen MR) is 106 cm³/mol. The number of aromatic nitrogens is 1. The molecule has 0 N–H and O–H groups in total. The molecule has 26 heavy (non-hydrogen) atoms. The number of methoxy groups -OCH3 is 1. The van der Waals surface area contributed by atoms with Gasteiger partial charge in [-0.05, 0) is 36.8 Å². The molecule has 0 bridgehead atoms. The van der Waals surface area contributed by atoms with E-state index in [2.05, 4.69) is 6.07 Å². The lowest BCUT2D eigenvalue weighted by atomic mass is 9.90. The quantitative estimate of drug-likeness (QED) is 0.581. The standard InChI is InChI=1S/C21H23NO3S/c1-14(23)21(2,3)13-25-12-15-9-10-16(18(11-15)24-4)20-22-17-7-5-6-8-19(17)26-20/h5-11H,12-13H2,1-4H3. The van der Waals surface area contributed by atoms with Crippen molar-refractivity contribution in [2.45, 2.75) is 27.4 Å². The summed E-state index contributed by atoms with van der Waals surface area (Å²) in [6, 6.07) is 14.1. The van der Waals surface area contributed by atoms with Gasteiger partial charge in [-0.15, -0.1) is 11.3 Å². The second kappa shape index (κ2) is 7.56. The Morgan fingerprint density at radius 2 is 1.96 bits per heavy atom. The van der Waals surface area contributed by atoms with Gasteiger partial charge in [-0.25, -0.2) is 4.98 Å². The third-order valence-corrected chi connectivity index (χ3v) is 5.54. The van der Waals surface area contributed by atoms with Crippen LogP contribution in [0.5, 0.6) is 5.75 Å². The molecule has 0 atom stereocenters. The first-order chi connectivity index (χ1) is 12.4. The Hall–Kier alpha value is -2.24. The minimum absolute atomic E-state index is 0.126. The highest BCUT2D eigenvalue weighted by molar-refractivity contribution is 7.21. The third-order valence-electron chi connectivity index (χ3n) is 4.47. The van der Waals surface area contributed by atoms with E-state index < -0.39 is 5.41 Å². The summed E-state index contributed by atoms with van der Waals surface area (Å²) in [6.07, 6.45) is 0. The maximum absolute atomic E-state index is 11.6. The first-order valence-corrected chi connectivity index (χ1v) is 9.34. The summed E-state index contributed by atoms with van der Waals surface area (Å²) in [7, 11) is 1.66. The summed E-state index contributed by atoms with van der Waals surface area (Å²) in [5, 5.41) is 0.938. The molecule has 0 fully saturated rings. The van der Waals surface area contributed by atoms with Gasteiger partial charge in [-0.3, -0.25) is 4.79 Å². The molecule has 0 radical (unpaired) electrons. The van der Waals surface area contributed by atoms with E-state index in [-0.39, 0.29) is 5.78 Å². The molecule has 2 aromatic carbocycles. The van der Waals surface area contributed by atoms with Crippen molar-refractivity contribution in [3.63, 3.8) is 0 Å². The zero-order valence-electron chi connectivity index (χ0n) is 15.5. The predicted octanol–water partition coefficient (Wildman–Crippen LogP) is 5.10. The van der Waals surface area contributed by atoms with Gasteiger partial charge in [-0.2, -0.15) is 0 Å². The molecule has 0 aliphatic carbocycles. The first kappa shape index (κ1) is 18.5. The van der Waals surface area contributed by atoms with Crippen molar-refractivity contribution in [3.8, 4) is 16.3 Å². The molecule has 5 heteroatoms. The number of ether oxygens (including phenoxy) is 2. The molecule has 0 amide bonds. The van der Waals surface area contributed by atoms with Crippen LogP contribution in [-0.2, 0) is 16.1 Å². The highest BCUT2D eigenvalue weighted by Gasteiger charge is 2.23. The van der Waals surface area contributed by atoms with Gasteiger partial charge in [0.1, 0.15) is 16.5 Å². The Balaban J connectivity index is 1.78. The molecule has 3 aromatic rings. The number of hydrogen-bond donors (Lipinski definition) is 0. The normalized spacial score (nSPS) is 11.7. The van der Waals surface area contributed by atoms with Crippen molar-refractivity contribution in [1.82, 2.24) is 4.98 Å². The lowest BCUT2D eigenvalue weighted by molar-refractivity contribution is -0.128. The number of ketones is 1. The van der Waals surface area contributed by atoms with E-state index in [1.54, 1.807) is 25.4 Å². The number of para-hydroxylation sites is 1. The van der Waals surface area contributed by atoms with Crippen molar-refractivity contribution >= 4 is 27.3 Å². The van der Waals surface area contributed by atoms with Crippen molar-refractivity contribution in [2.24, 2.45) is 5.41 Å². The van der Waals surface area contributed by atoms with Gasteiger partial charge in [0.2, 0.25) is 0 Å². The lowest BCUT2D eigenvalue weighted by Gasteiger charge is -2.21. The first-order valence-electron chi connectivity index (χ1n) is 8.52. The van der Waals surface area contributed by atoms with Crippen LogP contribution in [0.2, 0.25) is 0 Å². The van der Waals surface area contributed by atoms with Crippen LogP contribution in [0, 0.1) is 5.41 Å². The summed E-state index contributed by atoms with van der Waals surface area (Å²) >= 11 is 1.65. The molecule has 1 heterocycles. The Labute approximate surface area is 157 Å². The van der Waals surface area contributed by atoms with Crippen LogP contribution in [0.25, 0.3) is 20.8 Å². The average molecular weight is 369 g/mol. The molecular formula is C21H23NO3S. The van der Waals surface area contributed by atoms with E-state index in [9.17, 15) is 4.79 Å². The van der Waals surface area contributed by atoms with E-state index in [4.69, 9.17) is 14.5 Å². The molecule has 0 spiro atoms. The summed E-state index contributed by atoms with van der Waals surface area (Å²) in [6.45, 7) is 6.22. The minimum atomic E-state index is -0.467. The fourth-order valence-electron chi connectivity index (χ4n) is 2.52. The second-order valence-corrected chi connectivity index (χ2v) is 7.98. The summed E-state index contributed by atoms with van der Waals surface area (Å²) in [5.41, 5.74) is 2.51. The van der Waals surface area contributed by atoms with E-state index in [1.807, 2.05) is 50.2 Å². The Kier molecular flexibility index (Phi) is 5.39. The Morgan fingerprint density at radius 3 is 2.65 bits per heavy atom. The van der Waals surface area contributed by atoms with Crippen LogP contribution < -0.4 is 4.74 Å². The highest BCUT2D eigenvalue weighted by atomic mass is 32.1. The van der Waals surface area contributed by atoms with Crippen molar-refractivity contribution < 1.29 is 14.3 Å². The average Bonchev–Trinajstić information content (AvgIpc) is 3.05. The molecule has 4 nitrogen and oxygen atoms in total. The van der Waals surface area contributed by atoms with E-state index in [1.165, 1.54) is 0 Å². The number of carbonyl (C=O) groups excluding carboxylic acids is 1. The van der Waals surface area contributed by atoms with Crippen LogP contribution in [0.1, 0.15) is 26.3 Å². The minimum Gasteiger partial charge on any atom is -0.496 e. The summed E-state index contributed by atoms with van der Waals surface area (Å²) in [5.74, 6) is 0.900. The van der Waals surface area contributed by atoms with Crippen LogP contribution >= 0.6 is 11.3 Å². The lowest BCUT2D eigenvalue weighted by Crippen LogP contribution is -2.27. The molecule has 0 saturated heterocycles. The third kappa shape index (κ3) is 3.94. The van der Waals surface area contributed by atoms with Gasteiger partial charge < -0.3 is 9.47 Å². The number of hydrogen-bond acceptors (Lipinski definition) is 5. The molecule has 0 unspecified atom stereocenters. The zero-order chi connectivity index (χ0) is 18.7. The highest BCUT2D eigenvalue weighted by Crippen LogP contribution is 2.36. The van der Waals surface area contributed by atoms with Crippen molar-refractivity contribution in [1.29, 1.82) is 0 Å². The largest absolute Gasteiger partial charge is 0.496 e. The molecule has 3 rings (SSSR count). The number of benzene rings is 2. The van der Waals surface area contributed by atoms with Crippen LogP contribution in [0.4, 0.5) is 0 Å². The topological polar surface area (TPSA) is 48.4 Å². The number of rotatable bonds is 7. The SMILES string of the molecule is COc1cc(COCC(C)(C)C(C)=O)ccc1-c1nc2ccccc2s1. The molecule has 0 aliphatic rings. The van der Waals surface area contributed by atoms with Crippen molar-refractivity contribution in [3.05, 3.63) is 48.0 Å². The summed E-state index contributed by atoms with van der Waals surface area (Å²) < 4.78 is 12.5. The maximum atomic E-state index is 11.6. The summed E-state index contributed by atoms with van der Waals surface area (Å²) in [4.78, 5) is 16.3. The van der Waals surface area contributed by atoms with Crippen molar-refractivity contribution in [2.75, 3.05) is 13.7 Å². The van der Waals surface area contributed by atoms with E-state index in [0.717, 1.165) is 32.1 Å². The molecule has 1 aromatic heterocycles. The Morgan fingerprint density at radius 1 is 1.19 bits per heavy atom. The van der Waals surface area contributed by atoms with Gasteiger partial charge in [0.15, 0.2) is 0 Å². The fraction of sp³-hybridized carbons (Fsp3) is 0.333. The van der Waals surface area contributed by atoms with Crippen LogP contribution in [0.3, 0.4) is 0 Å². The van der Waals surface area contributed by atoms with Gasteiger partial charge in [-0.1, -0.05) is 32.0 Å². The number of thiazole rings is 1. The monoisotopic (exact) mass is 369 g/mol. The molecule has 0 saturated carbocycles. The van der Waals surface area contributed by atoms with E-state index in [0.29, 0.717) is 13.2 Å². The van der Waals surface area contributed by atoms with Crippen LogP contribution in [-0.4, -0.2) is 24.5 Å². The van der Waals surface area contributed by atoms with Gasteiger partial charge in [0.05, 0.1) is 36.1 Å². The smallest absolute Gasteiger partial charge is 0.137 e. The second-order valence-electron chi connectivity index (χ2n) is 6.95. The van der Waals surface area contributed by atoms with Crippen LogP contribution in [0.15, 0.2) is 42.5 Å². The maximum Gasteiger partial charge on any atom is 0.137 e. The van der Waals surface area contributed by atoms with Gasteiger partial charge in [0.25, 0.3) is 0 Å². The molecule has 0 aliphatic heterocycles. The van der Waals surface area contributed by atoms with E-state index >= 15 is 0 Å². The zero-order valence-corrected chi connectivity index (χ0v) is 16.4. The number of carbonyl (C=O) groups is 1.